The molecular weight excluding hydrogens is 372 g/mol. The molecule has 0 aliphatic carbocycles. The molecule has 7 heteroatoms. The third kappa shape index (κ3) is 5.07. The first-order valence-electron chi connectivity index (χ1n) is 9.27. The van der Waals surface area contributed by atoms with Gasteiger partial charge in [0.15, 0.2) is 10.6 Å². The second kappa shape index (κ2) is 9.32. The molecule has 2 aromatic carbocycles. The van der Waals surface area contributed by atoms with Gasteiger partial charge in [0.1, 0.15) is 5.75 Å². The molecule has 0 bridgehead atoms. The van der Waals surface area contributed by atoms with Gasteiger partial charge < -0.3 is 10.1 Å². The molecule has 0 unspecified atom stereocenters. The SMILES string of the molecule is CCOc1ccc(-c2n[nH]c(=S)n2CCC(=O)NCc2ccc(C)cc2)cc1. The van der Waals surface area contributed by atoms with Crippen molar-refractivity contribution in [1.29, 1.82) is 0 Å². The number of rotatable bonds is 8. The molecule has 1 aromatic heterocycles. The van der Waals surface area contributed by atoms with Gasteiger partial charge in [-0.1, -0.05) is 29.8 Å². The Bertz CT molecular complexity index is 975. The third-order valence-electron chi connectivity index (χ3n) is 4.35. The first-order valence-corrected chi connectivity index (χ1v) is 9.68. The number of amides is 1. The maximum Gasteiger partial charge on any atom is 0.222 e. The summed E-state index contributed by atoms with van der Waals surface area (Å²) in [4.78, 5) is 12.2. The fraction of sp³-hybridized carbons (Fsp3) is 0.286. The highest BCUT2D eigenvalue weighted by molar-refractivity contribution is 7.71. The predicted molar refractivity (Wildman–Crippen MR) is 112 cm³/mol. The largest absolute Gasteiger partial charge is 0.494 e. The lowest BCUT2D eigenvalue weighted by atomic mass is 10.1. The average molecular weight is 397 g/mol. The highest BCUT2D eigenvalue weighted by Crippen LogP contribution is 2.21. The molecule has 6 nitrogen and oxygen atoms in total. The van der Waals surface area contributed by atoms with Crippen molar-refractivity contribution in [3.63, 3.8) is 0 Å². The number of aromatic nitrogens is 3. The highest BCUT2D eigenvalue weighted by Gasteiger charge is 2.11. The van der Waals surface area contributed by atoms with Crippen molar-refractivity contribution in [2.45, 2.75) is 33.4 Å². The van der Waals surface area contributed by atoms with Crippen LogP contribution in [-0.2, 0) is 17.9 Å². The lowest BCUT2D eigenvalue weighted by Gasteiger charge is -2.09. The minimum atomic E-state index is -0.0266. The van der Waals surface area contributed by atoms with Crippen LogP contribution in [0.5, 0.6) is 5.75 Å². The molecule has 0 aliphatic heterocycles. The van der Waals surface area contributed by atoms with Crippen molar-refractivity contribution < 1.29 is 9.53 Å². The maximum atomic E-state index is 12.2. The number of hydrogen-bond donors (Lipinski definition) is 2. The Morgan fingerprint density at radius 1 is 1.18 bits per heavy atom. The molecular formula is C21H24N4O2S. The normalized spacial score (nSPS) is 10.6. The molecule has 0 saturated heterocycles. The van der Waals surface area contributed by atoms with Gasteiger partial charge in [-0.3, -0.25) is 14.5 Å². The van der Waals surface area contributed by atoms with Crippen molar-refractivity contribution in [2.24, 2.45) is 0 Å². The number of carbonyl (C=O) groups is 1. The fourth-order valence-corrected chi connectivity index (χ4v) is 3.04. The minimum absolute atomic E-state index is 0.0266. The number of nitrogens with zero attached hydrogens (tertiary/aromatic N) is 2. The molecule has 146 valence electrons. The average Bonchev–Trinajstić information content (AvgIpc) is 3.07. The van der Waals surface area contributed by atoms with Crippen molar-refractivity contribution in [1.82, 2.24) is 20.1 Å². The molecule has 0 spiro atoms. The van der Waals surface area contributed by atoms with Crippen molar-refractivity contribution in [3.8, 4) is 17.1 Å². The molecule has 0 radical (unpaired) electrons. The van der Waals surface area contributed by atoms with Gasteiger partial charge in [0, 0.05) is 25.1 Å². The van der Waals surface area contributed by atoms with E-state index in [1.807, 2.05) is 66.9 Å². The van der Waals surface area contributed by atoms with Gasteiger partial charge in [0.2, 0.25) is 5.91 Å². The summed E-state index contributed by atoms with van der Waals surface area (Å²) < 4.78 is 7.81. The van der Waals surface area contributed by atoms with E-state index in [1.165, 1.54) is 5.56 Å². The number of H-pyrrole nitrogens is 1. The summed E-state index contributed by atoms with van der Waals surface area (Å²) in [6, 6.07) is 15.8. The van der Waals surface area contributed by atoms with Crippen molar-refractivity contribution in [2.75, 3.05) is 6.61 Å². The molecule has 0 fully saturated rings. The molecule has 3 rings (SSSR count). The van der Waals surface area contributed by atoms with Gasteiger partial charge in [-0.25, -0.2) is 0 Å². The molecule has 0 atom stereocenters. The molecule has 3 aromatic rings. The number of carbonyl (C=O) groups excluding carboxylic acids is 1. The van der Waals surface area contributed by atoms with Crippen molar-refractivity contribution in [3.05, 3.63) is 64.4 Å². The van der Waals surface area contributed by atoms with Crippen molar-refractivity contribution >= 4 is 18.1 Å². The Morgan fingerprint density at radius 2 is 1.89 bits per heavy atom. The predicted octanol–water partition coefficient (Wildman–Crippen LogP) is 4.02. The van der Waals surface area contributed by atoms with Crippen LogP contribution >= 0.6 is 12.2 Å². The van der Waals surface area contributed by atoms with Gasteiger partial charge in [-0.2, -0.15) is 5.10 Å². The van der Waals surface area contributed by atoms with E-state index in [4.69, 9.17) is 17.0 Å². The minimum Gasteiger partial charge on any atom is -0.494 e. The van der Waals surface area contributed by atoms with Crippen LogP contribution in [0.1, 0.15) is 24.5 Å². The monoisotopic (exact) mass is 396 g/mol. The van der Waals surface area contributed by atoms with E-state index in [-0.39, 0.29) is 5.91 Å². The van der Waals surface area contributed by atoms with E-state index >= 15 is 0 Å². The molecule has 28 heavy (non-hydrogen) atoms. The van der Waals surface area contributed by atoms with E-state index < -0.39 is 0 Å². The summed E-state index contributed by atoms with van der Waals surface area (Å²) in [5, 5.41) is 10.1. The summed E-state index contributed by atoms with van der Waals surface area (Å²) in [5.41, 5.74) is 3.19. The Balaban J connectivity index is 1.61. The fourth-order valence-electron chi connectivity index (χ4n) is 2.82. The Labute approximate surface area is 169 Å². The van der Waals surface area contributed by atoms with Gasteiger partial charge in [0.05, 0.1) is 6.61 Å². The van der Waals surface area contributed by atoms with Gasteiger partial charge in [0.25, 0.3) is 0 Å². The van der Waals surface area contributed by atoms with Crippen LogP contribution in [0.15, 0.2) is 48.5 Å². The van der Waals surface area contributed by atoms with E-state index in [0.29, 0.717) is 36.7 Å². The van der Waals surface area contributed by atoms with E-state index in [0.717, 1.165) is 16.9 Å². The first kappa shape index (κ1) is 19.8. The zero-order valence-electron chi connectivity index (χ0n) is 16.1. The zero-order valence-corrected chi connectivity index (χ0v) is 16.9. The number of hydrogen-bond acceptors (Lipinski definition) is 4. The summed E-state index contributed by atoms with van der Waals surface area (Å²) in [7, 11) is 0. The molecule has 0 aliphatic rings. The van der Waals surface area contributed by atoms with E-state index in [2.05, 4.69) is 15.5 Å². The summed E-state index contributed by atoms with van der Waals surface area (Å²) in [5.74, 6) is 1.49. The van der Waals surface area contributed by atoms with Crippen LogP contribution in [0.4, 0.5) is 0 Å². The molecule has 1 amide bonds. The Kier molecular flexibility index (Phi) is 6.60. The molecule has 1 heterocycles. The summed E-state index contributed by atoms with van der Waals surface area (Å²) >= 11 is 5.33. The number of aryl methyl sites for hydroxylation is 1. The second-order valence-corrected chi connectivity index (χ2v) is 6.86. The van der Waals surface area contributed by atoms with Crippen LogP contribution in [0.2, 0.25) is 0 Å². The molecule has 0 saturated carbocycles. The van der Waals surface area contributed by atoms with Gasteiger partial charge >= 0.3 is 0 Å². The van der Waals surface area contributed by atoms with Gasteiger partial charge in [-0.05, 0) is 55.9 Å². The summed E-state index contributed by atoms with van der Waals surface area (Å²) in [6.45, 7) is 5.58. The number of aromatic amines is 1. The van der Waals surface area contributed by atoms with Crippen LogP contribution in [0.25, 0.3) is 11.4 Å². The smallest absolute Gasteiger partial charge is 0.222 e. The standard InChI is InChI=1S/C21H24N4O2S/c1-3-27-18-10-8-17(9-11-18)20-23-24-21(28)25(20)13-12-19(26)22-14-16-6-4-15(2)5-7-16/h4-11H,3,12-14H2,1-2H3,(H,22,26)(H,24,28). The Morgan fingerprint density at radius 3 is 2.57 bits per heavy atom. The number of nitrogens with one attached hydrogen (secondary N) is 2. The first-order chi connectivity index (χ1) is 13.6. The lowest BCUT2D eigenvalue weighted by molar-refractivity contribution is -0.121. The van der Waals surface area contributed by atoms with Crippen LogP contribution in [0.3, 0.4) is 0 Å². The van der Waals surface area contributed by atoms with Crippen LogP contribution < -0.4 is 10.1 Å². The highest BCUT2D eigenvalue weighted by atomic mass is 32.1. The second-order valence-electron chi connectivity index (χ2n) is 6.47. The molecule has 2 N–H and O–H groups in total. The number of benzene rings is 2. The van der Waals surface area contributed by atoms with Gasteiger partial charge in [-0.15, -0.1) is 0 Å². The lowest BCUT2D eigenvalue weighted by Crippen LogP contribution is -2.24. The Hall–Kier alpha value is -2.93. The van der Waals surface area contributed by atoms with Crippen LogP contribution in [0, 0.1) is 11.7 Å². The van der Waals surface area contributed by atoms with Crippen LogP contribution in [-0.4, -0.2) is 27.3 Å². The maximum absolute atomic E-state index is 12.2. The number of ether oxygens (including phenoxy) is 1. The quantitative estimate of drug-likeness (QED) is 0.564. The summed E-state index contributed by atoms with van der Waals surface area (Å²) in [6.07, 6.45) is 0.323. The third-order valence-corrected chi connectivity index (χ3v) is 4.67. The topological polar surface area (TPSA) is 71.9 Å². The zero-order chi connectivity index (χ0) is 19.9. The van der Waals surface area contributed by atoms with E-state index in [9.17, 15) is 4.79 Å². The van der Waals surface area contributed by atoms with E-state index in [1.54, 1.807) is 0 Å².